The Kier molecular flexibility index (Phi) is 6.02. The van der Waals surface area contributed by atoms with Gasteiger partial charge in [-0.1, -0.05) is 42.1 Å². The molecule has 3 nitrogen and oxygen atoms in total. The second kappa shape index (κ2) is 8.22. The average Bonchev–Trinajstić information content (AvgIpc) is 2.94. The molecule has 0 fully saturated rings. The quantitative estimate of drug-likeness (QED) is 0.458. The minimum absolute atomic E-state index is 0.0218. The number of methoxy groups -OCH3 is 1. The van der Waals surface area contributed by atoms with Gasteiger partial charge in [-0.25, -0.2) is 4.99 Å². The molecule has 2 aromatic rings. The Bertz CT molecular complexity index is 819. The SMILES string of the molecule is COc1ccc(I)cc1/C=C1\N=C(SCc2ccccc2)SC1=O. The minimum Gasteiger partial charge on any atom is -0.496 e. The van der Waals surface area contributed by atoms with Crippen molar-refractivity contribution in [3.8, 4) is 5.75 Å². The third kappa shape index (κ3) is 4.43. The summed E-state index contributed by atoms with van der Waals surface area (Å²) in [4.78, 5) is 16.7. The number of hydrogen-bond acceptors (Lipinski definition) is 5. The van der Waals surface area contributed by atoms with Gasteiger partial charge in [0.2, 0.25) is 5.12 Å². The first kappa shape index (κ1) is 17.6. The Balaban J connectivity index is 1.78. The largest absolute Gasteiger partial charge is 0.496 e. The van der Waals surface area contributed by atoms with Crippen LogP contribution in [0.3, 0.4) is 0 Å². The lowest BCUT2D eigenvalue weighted by Crippen LogP contribution is -1.91. The lowest BCUT2D eigenvalue weighted by atomic mass is 10.1. The summed E-state index contributed by atoms with van der Waals surface area (Å²) in [5.74, 6) is 1.54. The molecule has 0 aromatic heterocycles. The van der Waals surface area contributed by atoms with Crippen LogP contribution in [0.2, 0.25) is 0 Å². The van der Waals surface area contributed by atoms with Gasteiger partial charge in [0.05, 0.1) is 7.11 Å². The van der Waals surface area contributed by atoms with Gasteiger partial charge in [0, 0.05) is 14.9 Å². The van der Waals surface area contributed by atoms with Gasteiger partial charge >= 0.3 is 0 Å². The maximum Gasteiger partial charge on any atom is 0.244 e. The van der Waals surface area contributed by atoms with E-state index in [4.69, 9.17) is 4.74 Å². The lowest BCUT2D eigenvalue weighted by molar-refractivity contribution is -0.107. The molecule has 0 unspecified atom stereocenters. The molecule has 122 valence electrons. The van der Waals surface area contributed by atoms with Crippen molar-refractivity contribution in [1.29, 1.82) is 0 Å². The molecule has 0 saturated heterocycles. The van der Waals surface area contributed by atoms with E-state index in [1.165, 1.54) is 17.3 Å². The molecular weight excluding hydrogens is 453 g/mol. The highest BCUT2D eigenvalue weighted by molar-refractivity contribution is 14.1. The van der Waals surface area contributed by atoms with Crippen molar-refractivity contribution in [2.24, 2.45) is 4.99 Å². The predicted molar refractivity (Wildman–Crippen MR) is 111 cm³/mol. The molecule has 0 saturated carbocycles. The molecule has 1 aliphatic heterocycles. The molecule has 24 heavy (non-hydrogen) atoms. The smallest absolute Gasteiger partial charge is 0.244 e. The minimum atomic E-state index is -0.0218. The van der Waals surface area contributed by atoms with Crippen molar-refractivity contribution in [2.45, 2.75) is 5.75 Å². The fourth-order valence-electron chi connectivity index (χ4n) is 2.14. The Morgan fingerprint density at radius 1 is 1.25 bits per heavy atom. The Morgan fingerprint density at radius 3 is 2.79 bits per heavy atom. The third-order valence-electron chi connectivity index (χ3n) is 3.29. The van der Waals surface area contributed by atoms with Gasteiger partial charge in [-0.3, -0.25) is 4.79 Å². The van der Waals surface area contributed by atoms with Crippen molar-refractivity contribution in [2.75, 3.05) is 7.11 Å². The van der Waals surface area contributed by atoms with Crippen molar-refractivity contribution >= 4 is 61.7 Å². The molecule has 3 rings (SSSR count). The standard InChI is InChI=1S/C18H14INO2S2/c1-22-16-8-7-14(19)9-13(16)10-15-17(21)24-18(20-15)23-11-12-5-3-2-4-6-12/h2-10H,11H2,1H3/b15-10-. The molecular formula is C18H14INO2S2. The number of rotatable bonds is 4. The summed E-state index contributed by atoms with van der Waals surface area (Å²) >= 11 is 5.02. The monoisotopic (exact) mass is 467 g/mol. The number of nitrogens with zero attached hydrogens (tertiary/aromatic N) is 1. The second-order valence-corrected chi connectivity index (χ2v) is 8.39. The fraction of sp³-hybridized carbons (Fsp3) is 0.111. The van der Waals surface area contributed by atoms with E-state index in [0.717, 1.165) is 25.0 Å². The van der Waals surface area contributed by atoms with Crippen LogP contribution in [-0.2, 0) is 10.5 Å². The number of thioether (sulfide) groups is 2. The molecule has 0 amide bonds. The number of aliphatic imine (C=N–C) groups is 1. The van der Waals surface area contributed by atoms with Crippen molar-refractivity contribution in [3.05, 3.63) is 68.9 Å². The molecule has 0 N–H and O–H groups in total. The molecule has 0 radical (unpaired) electrons. The van der Waals surface area contributed by atoms with Crippen molar-refractivity contribution in [3.63, 3.8) is 0 Å². The van der Waals surface area contributed by atoms with Crippen LogP contribution in [0.1, 0.15) is 11.1 Å². The summed E-state index contributed by atoms with van der Waals surface area (Å²) in [5.41, 5.74) is 2.55. The first-order chi connectivity index (χ1) is 11.7. The van der Waals surface area contributed by atoms with Gasteiger partial charge in [0.15, 0.2) is 0 Å². The summed E-state index contributed by atoms with van der Waals surface area (Å²) in [5, 5.41) is -0.0218. The Morgan fingerprint density at radius 2 is 2.04 bits per heavy atom. The van der Waals surface area contributed by atoms with E-state index < -0.39 is 0 Å². The van der Waals surface area contributed by atoms with Gasteiger partial charge in [0.1, 0.15) is 15.8 Å². The summed E-state index contributed by atoms with van der Waals surface area (Å²) in [6.45, 7) is 0. The van der Waals surface area contributed by atoms with Crippen LogP contribution < -0.4 is 4.74 Å². The maximum atomic E-state index is 12.2. The third-order valence-corrected chi connectivity index (χ3v) is 6.04. The predicted octanol–water partition coefficient (Wildman–Crippen LogP) is 5.20. The van der Waals surface area contributed by atoms with E-state index in [0.29, 0.717) is 5.70 Å². The van der Waals surface area contributed by atoms with E-state index in [1.807, 2.05) is 36.4 Å². The van der Waals surface area contributed by atoms with E-state index in [9.17, 15) is 4.79 Å². The van der Waals surface area contributed by atoms with Crippen molar-refractivity contribution in [1.82, 2.24) is 0 Å². The van der Waals surface area contributed by atoms with Crippen LogP contribution in [0.15, 0.2) is 59.2 Å². The van der Waals surface area contributed by atoms with E-state index in [-0.39, 0.29) is 5.12 Å². The van der Waals surface area contributed by atoms with Gasteiger partial charge in [-0.05, 0) is 64.2 Å². The summed E-state index contributed by atoms with van der Waals surface area (Å²) < 4.78 is 7.23. The highest BCUT2D eigenvalue weighted by Crippen LogP contribution is 2.34. The second-order valence-electron chi connectivity index (χ2n) is 4.96. The zero-order valence-corrected chi connectivity index (χ0v) is 16.7. The Labute approximate surface area is 163 Å². The molecule has 0 bridgehead atoms. The van der Waals surface area contributed by atoms with Gasteiger partial charge in [-0.15, -0.1) is 0 Å². The van der Waals surface area contributed by atoms with Gasteiger partial charge in [0.25, 0.3) is 0 Å². The molecule has 6 heteroatoms. The molecule has 2 aromatic carbocycles. The fourth-order valence-corrected chi connectivity index (χ4v) is 4.45. The number of carbonyl (C=O) groups excluding carboxylic acids is 1. The lowest BCUT2D eigenvalue weighted by Gasteiger charge is -2.05. The zero-order chi connectivity index (χ0) is 16.9. The van der Waals surface area contributed by atoms with Crippen LogP contribution in [0.4, 0.5) is 0 Å². The van der Waals surface area contributed by atoms with Crippen LogP contribution >= 0.6 is 46.1 Å². The summed E-state index contributed by atoms with van der Waals surface area (Å²) in [6, 6.07) is 16.0. The van der Waals surface area contributed by atoms with Crippen LogP contribution in [0, 0.1) is 3.57 Å². The summed E-state index contributed by atoms with van der Waals surface area (Å²) in [7, 11) is 1.62. The highest BCUT2D eigenvalue weighted by atomic mass is 127. The molecule has 0 atom stereocenters. The highest BCUT2D eigenvalue weighted by Gasteiger charge is 2.23. The van der Waals surface area contributed by atoms with Crippen LogP contribution in [0.25, 0.3) is 6.08 Å². The number of carbonyl (C=O) groups is 1. The summed E-state index contributed by atoms with van der Waals surface area (Å²) in [6.07, 6.45) is 1.80. The van der Waals surface area contributed by atoms with Crippen LogP contribution in [-0.4, -0.2) is 16.6 Å². The Hall–Kier alpha value is -1.25. The van der Waals surface area contributed by atoms with Crippen molar-refractivity contribution < 1.29 is 9.53 Å². The zero-order valence-electron chi connectivity index (χ0n) is 12.9. The van der Waals surface area contributed by atoms with Crippen LogP contribution in [0.5, 0.6) is 5.75 Å². The van der Waals surface area contributed by atoms with Gasteiger partial charge < -0.3 is 4.74 Å². The first-order valence-corrected chi connectivity index (χ1v) is 10.1. The molecule has 0 spiro atoms. The average molecular weight is 467 g/mol. The van der Waals surface area contributed by atoms with E-state index >= 15 is 0 Å². The topological polar surface area (TPSA) is 38.7 Å². The molecule has 1 aliphatic rings. The molecule has 0 aliphatic carbocycles. The van der Waals surface area contributed by atoms with E-state index in [1.54, 1.807) is 24.9 Å². The van der Waals surface area contributed by atoms with E-state index in [2.05, 4.69) is 39.7 Å². The first-order valence-electron chi connectivity index (χ1n) is 7.18. The molecule has 1 heterocycles. The number of ether oxygens (including phenoxy) is 1. The number of hydrogen-bond donors (Lipinski definition) is 0. The normalized spacial score (nSPS) is 15.7. The maximum absolute atomic E-state index is 12.2. The number of halogens is 1. The number of benzene rings is 2. The van der Waals surface area contributed by atoms with Gasteiger partial charge in [-0.2, -0.15) is 0 Å².